The van der Waals surface area contributed by atoms with E-state index in [4.69, 9.17) is 4.74 Å². The van der Waals surface area contributed by atoms with Crippen LogP contribution in [-0.4, -0.2) is 22.3 Å². The van der Waals surface area contributed by atoms with Crippen molar-refractivity contribution in [1.82, 2.24) is 10.3 Å². The fraction of sp³-hybridized carbons (Fsp3) is 0.261. The molecule has 2 N–H and O–H groups in total. The van der Waals surface area contributed by atoms with Crippen molar-refractivity contribution in [2.24, 2.45) is 0 Å². The highest BCUT2D eigenvalue weighted by molar-refractivity contribution is 7.17. The molecule has 4 rings (SSSR count). The predicted molar refractivity (Wildman–Crippen MR) is 117 cm³/mol. The number of nitrogens with zero attached hydrogens (tertiary/aromatic N) is 1. The summed E-state index contributed by atoms with van der Waals surface area (Å²) < 4.78 is 32.1. The van der Waals surface area contributed by atoms with Crippen LogP contribution in [0.3, 0.4) is 0 Å². The molecule has 32 heavy (non-hydrogen) atoms. The lowest BCUT2D eigenvalue weighted by Crippen LogP contribution is -2.52. The normalized spacial score (nSPS) is 13.5. The third-order valence-corrected chi connectivity index (χ3v) is 5.79. The number of aromatic nitrogens is 1. The third kappa shape index (κ3) is 5.11. The van der Waals surface area contributed by atoms with E-state index in [2.05, 4.69) is 15.6 Å². The first-order chi connectivity index (χ1) is 15.2. The van der Waals surface area contributed by atoms with Gasteiger partial charge < -0.3 is 10.1 Å². The van der Waals surface area contributed by atoms with Gasteiger partial charge in [0, 0.05) is 11.5 Å². The van der Waals surface area contributed by atoms with Gasteiger partial charge in [0.25, 0.3) is 11.8 Å². The molecule has 1 aliphatic carbocycles. The molecule has 0 saturated heterocycles. The molecule has 3 aromatic rings. The van der Waals surface area contributed by atoms with Gasteiger partial charge in [-0.1, -0.05) is 11.3 Å². The van der Waals surface area contributed by atoms with Crippen LogP contribution in [0.15, 0.2) is 48.5 Å². The van der Waals surface area contributed by atoms with Crippen LogP contribution in [0.5, 0.6) is 10.8 Å². The summed E-state index contributed by atoms with van der Waals surface area (Å²) in [6, 6.07) is 10.7. The maximum absolute atomic E-state index is 13.2. The lowest BCUT2D eigenvalue weighted by molar-refractivity contribution is -0.120. The molecule has 9 heteroatoms. The van der Waals surface area contributed by atoms with Crippen molar-refractivity contribution in [3.05, 3.63) is 71.4 Å². The van der Waals surface area contributed by atoms with E-state index in [1.54, 1.807) is 13.8 Å². The number of thiazole rings is 1. The van der Waals surface area contributed by atoms with E-state index in [9.17, 15) is 18.4 Å². The van der Waals surface area contributed by atoms with Gasteiger partial charge in [0.1, 0.15) is 28.6 Å². The number of halogens is 2. The van der Waals surface area contributed by atoms with E-state index in [0.717, 1.165) is 18.5 Å². The highest BCUT2D eigenvalue weighted by atomic mass is 32.1. The molecular formula is C23H21F2N3O3S. The molecule has 166 valence electrons. The number of rotatable bonds is 7. The van der Waals surface area contributed by atoms with Gasteiger partial charge >= 0.3 is 0 Å². The molecule has 0 atom stereocenters. The molecule has 1 fully saturated rings. The molecule has 1 heterocycles. The van der Waals surface area contributed by atoms with Gasteiger partial charge in [0.05, 0.1) is 0 Å². The number of anilines is 1. The number of nitrogens with one attached hydrogen (secondary N) is 2. The summed E-state index contributed by atoms with van der Waals surface area (Å²) in [7, 11) is 0. The molecule has 2 aromatic carbocycles. The topological polar surface area (TPSA) is 80.3 Å². The molecule has 0 unspecified atom stereocenters. The van der Waals surface area contributed by atoms with Crippen molar-refractivity contribution in [2.75, 3.05) is 5.32 Å². The van der Waals surface area contributed by atoms with Crippen molar-refractivity contribution in [1.29, 1.82) is 0 Å². The zero-order chi connectivity index (χ0) is 22.9. The van der Waals surface area contributed by atoms with Gasteiger partial charge in [-0.2, -0.15) is 0 Å². The second-order valence-electron chi connectivity index (χ2n) is 8.06. The minimum atomic E-state index is -1.26. The van der Waals surface area contributed by atoms with Crippen LogP contribution in [-0.2, 0) is 4.79 Å². The van der Waals surface area contributed by atoms with Gasteiger partial charge in [0.2, 0.25) is 5.06 Å². The summed E-state index contributed by atoms with van der Waals surface area (Å²) in [5.41, 5.74) is -0.259. The van der Waals surface area contributed by atoms with E-state index in [1.165, 1.54) is 59.9 Å². The van der Waals surface area contributed by atoms with E-state index >= 15 is 0 Å². The van der Waals surface area contributed by atoms with Crippen molar-refractivity contribution >= 4 is 28.3 Å². The maximum atomic E-state index is 13.2. The first-order valence-electron chi connectivity index (χ1n) is 10.0. The third-order valence-electron chi connectivity index (χ3n) is 4.93. The summed E-state index contributed by atoms with van der Waals surface area (Å²) in [6.45, 7) is 3.13. The Labute approximate surface area is 187 Å². The Balaban J connectivity index is 1.46. The summed E-state index contributed by atoms with van der Waals surface area (Å²) >= 11 is 1.17. The Bertz CT molecular complexity index is 1140. The van der Waals surface area contributed by atoms with E-state index in [-0.39, 0.29) is 17.3 Å². The molecule has 0 spiro atoms. The van der Waals surface area contributed by atoms with Crippen LogP contribution in [0.1, 0.15) is 48.7 Å². The summed E-state index contributed by atoms with van der Waals surface area (Å²) in [5.74, 6) is -1.03. The number of benzene rings is 2. The van der Waals surface area contributed by atoms with E-state index < -0.39 is 23.2 Å². The quantitative estimate of drug-likeness (QED) is 0.509. The minimum absolute atomic E-state index is 0.243. The van der Waals surface area contributed by atoms with Gasteiger partial charge in [-0.15, -0.1) is 0 Å². The molecule has 0 aliphatic heterocycles. The van der Waals surface area contributed by atoms with Crippen LogP contribution in [0, 0.1) is 11.6 Å². The molecule has 0 bridgehead atoms. The highest BCUT2D eigenvalue weighted by Crippen LogP contribution is 2.48. The number of carbonyl (C=O) groups is 2. The number of carbonyl (C=O) groups excluding carboxylic acids is 2. The molecule has 1 aliphatic rings. The van der Waals surface area contributed by atoms with Gasteiger partial charge in [-0.3, -0.25) is 14.9 Å². The second-order valence-corrected chi connectivity index (χ2v) is 9.02. The van der Waals surface area contributed by atoms with Crippen LogP contribution >= 0.6 is 11.3 Å². The summed E-state index contributed by atoms with van der Waals surface area (Å²) in [5, 5.41) is 6.28. The minimum Gasteiger partial charge on any atom is -0.445 e. The Hall–Kier alpha value is -3.33. The Morgan fingerprint density at radius 1 is 1.03 bits per heavy atom. The van der Waals surface area contributed by atoms with E-state index in [0.29, 0.717) is 15.9 Å². The van der Waals surface area contributed by atoms with Crippen molar-refractivity contribution < 1.29 is 23.1 Å². The lowest BCUT2D eigenvalue weighted by atomic mass is 10.0. The highest BCUT2D eigenvalue weighted by Gasteiger charge is 2.34. The summed E-state index contributed by atoms with van der Waals surface area (Å²) in [4.78, 5) is 29.8. The van der Waals surface area contributed by atoms with Crippen molar-refractivity contribution in [3.63, 3.8) is 0 Å². The van der Waals surface area contributed by atoms with Crippen LogP contribution in [0.25, 0.3) is 0 Å². The molecule has 1 saturated carbocycles. The van der Waals surface area contributed by atoms with Gasteiger partial charge in [-0.25, -0.2) is 13.8 Å². The molecule has 1 aromatic heterocycles. The first-order valence-corrected chi connectivity index (χ1v) is 10.9. The van der Waals surface area contributed by atoms with E-state index in [1.807, 2.05) is 0 Å². The summed E-state index contributed by atoms with van der Waals surface area (Å²) in [6.07, 6.45) is 1.96. The van der Waals surface area contributed by atoms with Gasteiger partial charge in [-0.05, 0) is 75.2 Å². The second kappa shape index (κ2) is 8.66. The fourth-order valence-corrected chi connectivity index (χ4v) is 3.85. The maximum Gasteiger partial charge on any atom is 0.252 e. The standard InChI is InChI=1S/C23H21F2N3O3S/c1-23(2,28-19(29)14-5-7-15(24)8-6-14)21(30)27-22-26-18(13-3-4-13)20(32-22)31-17-11-9-16(25)10-12-17/h5-13H,3-4H2,1-2H3,(H,28,29)(H,26,27,30). The number of hydrogen-bond donors (Lipinski definition) is 2. The zero-order valence-electron chi connectivity index (χ0n) is 17.4. The Morgan fingerprint density at radius 3 is 2.22 bits per heavy atom. The van der Waals surface area contributed by atoms with Crippen LogP contribution in [0.2, 0.25) is 0 Å². The Morgan fingerprint density at radius 2 is 1.62 bits per heavy atom. The average molecular weight is 458 g/mol. The molecule has 6 nitrogen and oxygen atoms in total. The largest absolute Gasteiger partial charge is 0.445 e. The fourth-order valence-electron chi connectivity index (χ4n) is 2.94. The predicted octanol–water partition coefficient (Wildman–Crippen LogP) is 5.24. The van der Waals surface area contributed by atoms with Crippen molar-refractivity contribution in [3.8, 4) is 10.8 Å². The molecule has 2 amide bonds. The molecule has 0 radical (unpaired) electrons. The van der Waals surface area contributed by atoms with Crippen molar-refractivity contribution in [2.45, 2.75) is 38.1 Å². The number of hydrogen-bond acceptors (Lipinski definition) is 5. The Kier molecular flexibility index (Phi) is 5.92. The smallest absolute Gasteiger partial charge is 0.252 e. The first kappa shape index (κ1) is 21.9. The number of ether oxygens (including phenoxy) is 1. The van der Waals surface area contributed by atoms with Crippen LogP contribution < -0.4 is 15.4 Å². The monoisotopic (exact) mass is 457 g/mol. The molecular weight excluding hydrogens is 436 g/mol. The lowest BCUT2D eigenvalue weighted by Gasteiger charge is -2.24. The number of amides is 2. The SMILES string of the molecule is CC(C)(NC(=O)c1ccc(F)cc1)C(=O)Nc1nc(C2CC2)c(Oc2ccc(F)cc2)s1. The van der Waals surface area contributed by atoms with Gasteiger partial charge in [0.15, 0.2) is 5.13 Å². The average Bonchev–Trinajstić information content (AvgIpc) is 3.51. The zero-order valence-corrected chi connectivity index (χ0v) is 18.3. The van der Waals surface area contributed by atoms with Crippen LogP contribution in [0.4, 0.5) is 13.9 Å².